The highest BCUT2D eigenvalue weighted by molar-refractivity contribution is 5.94. The standard InChI is InChI=1S/C11H15N3O2/c1-7-9(3-5-16-7)14-11(15)8-2-4-13-10(12)6-8/h2,4,6-7,9H,3,5H2,1H3,(H2,12,13)(H,14,15). The summed E-state index contributed by atoms with van der Waals surface area (Å²) in [5, 5.41) is 2.92. The number of nitrogen functional groups attached to an aromatic ring is 1. The van der Waals surface area contributed by atoms with Crippen molar-refractivity contribution < 1.29 is 9.53 Å². The maximum Gasteiger partial charge on any atom is 0.251 e. The van der Waals surface area contributed by atoms with E-state index >= 15 is 0 Å². The van der Waals surface area contributed by atoms with Gasteiger partial charge in [-0.3, -0.25) is 4.79 Å². The number of nitrogens with zero attached hydrogens (tertiary/aromatic N) is 1. The third-order valence-corrected chi connectivity index (χ3v) is 2.74. The van der Waals surface area contributed by atoms with Crippen LogP contribution in [0.15, 0.2) is 18.3 Å². The summed E-state index contributed by atoms with van der Waals surface area (Å²) in [5.74, 6) is 0.222. The van der Waals surface area contributed by atoms with E-state index in [9.17, 15) is 4.79 Å². The lowest BCUT2D eigenvalue weighted by molar-refractivity contribution is 0.0866. The Hall–Kier alpha value is -1.62. The van der Waals surface area contributed by atoms with Crippen LogP contribution in [0, 0.1) is 0 Å². The number of carbonyl (C=O) groups is 1. The van der Waals surface area contributed by atoms with E-state index in [1.807, 2.05) is 6.92 Å². The second-order valence-electron chi connectivity index (χ2n) is 3.91. The van der Waals surface area contributed by atoms with Crippen LogP contribution in [0.1, 0.15) is 23.7 Å². The first-order valence-corrected chi connectivity index (χ1v) is 5.31. The van der Waals surface area contributed by atoms with E-state index < -0.39 is 0 Å². The summed E-state index contributed by atoms with van der Waals surface area (Å²) < 4.78 is 5.37. The molecule has 1 aromatic heterocycles. The molecule has 0 aromatic carbocycles. The Bertz CT molecular complexity index is 395. The molecule has 5 nitrogen and oxygen atoms in total. The van der Waals surface area contributed by atoms with Crippen LogP contribution in [-0.4, -0.2) is 29.6 Å². The van der Waals surface area contributed by atoms with Crippen molar-refractivity contribution in [1.29, 1.82) is 0 Å². The molecule has 1 aromatic rings. The molecule has 16 heavy (non-hydrogen) atoms. The average molecular weight is 221 g/mol. The van der Waals surface area contributed by atoms with Gasteiger partial charge in [0.25, 0.3) is 5.91 Å². The second kappa shape index (κ2) is 4.49. The molecule has 86 valence electrons. The Kier molecular flexibility index (Phi) is 3.05. The zero-order chi connectivity index (χ0) is 11.5. The van der Waals surface area contributed by atoms with Gasteiger partial charge in [-0.2, -0.15) is 0 Å². The van der Waals surface area contributed by atoms with E-state index in [4.69, 9.17) is 10.5 Å². The Morgan fingerprint density at radius 1 is 1.69 bits per heavy atom. The van der Waals surface area contributed by atoms with E-state index in [0.717, 1.165) is 6.42 Å². The fourth-order valence-electron chi connectivity index (χ4n) is 1.76. The summed E-state index contributed by atoms with van der Waals surface area (Å²) in [7, 11) is 0. The summed E-state index contributed by atoms with van der Waals surface area (Å²) in [6, 6.07) is 3.30. The molecule has 1 fully saturated rings. The molecular formula is C11H15N3O2. The summed E-state index contributed by atoms with van der Waals surface area (Å²) in [5.41, 5.74) is 6.05. The van der Waals surface area contributed by atoms with Gasteiger partial charge in [-0.1, -0.05) is 0 Å². The molecule has 1 aliphatic heterocycles. The zero-order valence-corrected chi connectivity index (χ0v) is 9.14. The Morgan fingerprint density at radius 3 is 3.12 bits per heavy atom. The lowest BCUT2D eigenvalue weighted by atomic mass is 10.1. The maximum absolute atomic E-state index is 11.8. The van der Waals surface area contributed by atoms with Crippen LogP contribution in [0.3, 0.4) is 0 Å². The summed E-state index contributed by atoms with van der Waals surface area (Å²) in [4.78, 5) is 15.7. The number of amides is 1. The van der Waals surface area contributed by atoms with E-state index in [-0.39, 0.29) is 18.1 Å². The van der Waals surface area contributed by atoms with Gasteiger partial charge in [0.1, 0.15) is 5.82 Å². The van der Waals surface area contributed by atoms with Gasteiger partial charge in [0.2, 0.25) is 0 Å². The Labute approximate surface area is 94.0 Å². The minimum absolute atomic E-state index is 0.0723. The van der Waals surface area contributed by atoms with Crippen LogP contribution in [0.5, 0.6) is 0 Å². The van der Waals surface area contributed by atoms with Crippen molar-refractivity contribution in [2.75, 3.05) is 12.3 Å². The fourth-order valence-corrected chi connectivity index (χ4v) is 1.76. The number of aromatic nitrogens is 1. The van der Waals surface area contributed by atoms with Gasteiger partial charge in [-0.05, 0) is 25.5 Å². The number of anilines is 1. The molecule has 0 saturated carbocycles. The van der Waals surface area contributed by atoms with Crippen molar-refractivity contribution in [2.45, 2.75) is 25.5 Å². The topological polar surface area (TPSA) is 77.2 Å². The summed E-state index contributed by atoms with van der Waals surface area (Å²) in [6.07, 6.45) is 2.45. The molecule has 1 aliphatic rings. The minimum Gasteiger partial charge on any atom is -0.384 e. The molecule has 0 spiro atoms. The van der Waals surface area contributed by atoms with Crippen molar-refractivity contribution in [3.8, 4) is 0 Å². The number of ether oxygens (including phenoxy) is 1. The molecule has 1 amide bonds. The quantitative estimate of drug-likeness (QED) is 0.765. The Morgan fingerprint density at radius 2 is 2.50 bits per heavy atom. The number of nitrogens with two attached hydrogens (primary N) is 1. The van der Waals surface area contributed by atoms with Crippen LogP contribution >= 0.6 is 0 Å². The number of hydrogen-bond donors (Lipinski definition) is 2. The number of hydrogen-bond acceptors (Lipinski definition) is 4. The van der Waals surface area contributed by atoms with Crippen molar-refractivity contribution in [3.05, 3.63) is 23.9 Å². The first kappa shape index (κ1) is 10.9. The molecule has 0 radical (unpaired) electrons. The van der Waals surface area contributed by atoms with Crippen molar-refractivity contribution >= 4 is 11.7 Å². The number of rotatable bonds is 2. The highest BCUT2D eigenvalue weighted by Gasteiger charge is 2.25. The molecular weight excluding hydrogens is 206 g/mol. The molecule has 0 aliphatic carbocycles. The lowest BCUT2D eigenvalue weighted by Gasteiger charge is -2.15. The predicted octanol–water partition coefficient (Wildman–Crippen LogP) is 0.571. The van der Waals surface area contributed by atoms with Gasteiger partial charge in [0.05, 0.1) is 12.1 Å². The summed E-state index contributed by atoms with van der Waals surface area (Å²) >= 11 is 0. The van der Waals surface area contributed by atoms with Gasteiger partial charge in [-0.25, -0.2) is 4.98 Å². The molecule has 0 bridgehead atoms. The number of carbonyl (C=O) groups excluding carboxylic acids is 1. The molecule has 2 heterocycles. The molecule has 1 saturated heterocycles. The largest absolute Gasteiger partial charge is 0.384 e. The third-order valence-electron chi connectivity index (χ3n) is 2.74. The fraction of sp³-hybridized carbons (Fsp3) is 0.455. The van der Waals surface area contributed by atoms with Crippen molar-refractivity contribution in [1.82, 2.24) is 10.3 Å². The molecule has 3 N–H and O–H groups in total. The first-order chi connectivity index (χ1) is 7.66. The second-order valence-corrected chi connectivity index (χ2v) is 3.91. The van der Waals surface area contributed by atoms with Crippen LogP contribution in [0.2, 0.25) is 0 Å². The third kappa shape index (κ3) is 2.30. The van der Waals surface area contributed by atoms with Crippen LogP contribution in [0.4, 0.5) is 5.82 Å². The smallest absolute Gasteiger partial charge is 0.251 e. The van der Waals surface area contributed by atoms with Gasteiger partial charge in [0.15, 0.2) is 0 Å². The maximum atomic E-state index is 11.8. The van der Waals surface area contributed by atoms with Gasteiger partial charge in [0, 0.05) is 18.4 Å². The normalized spacial score (nSPS) is 24.3. The highest BCUT2D eigenvalue weighted by atomic mass is 16.5. The van der Waals surface area contributed by atoms with Crippen molar-refractivity contribution in [2.24, 2.45) is 0 Å². The number of pyridine rings is 1. The molecule has 2 atom stereocenters. The van der Waals surface area contributed by atoms with Crippen LogP contribution in [-0.2, 0) is 4.74 Å². The molecule has 2 rings (SSSR count). The van der Waals surface area contributed by atoms with Gasteiger partial charge < -0.3 is 15.8 Å². The van der Waals surface area contributed by atoms with Crippen LogP contribution < -0.4 is 11.1 Å². The Balaban J connectivity index is 2.03. The highest BCUT2D eigenvalue weighted by Crippen LogP contribution is 2.13. The predicted molar refractivity (Wildman–Crippen MR) is 59.9 cm³/mol. The first-order valence-electron chi connectivity index (χ1n) is 5.31. The van der Waals surface area contributed by atoms with E-state index in [1.54, 1.807) is 12.1 Å². The van der Waals surface area contributed by atoms with Crippen molar-refractivity contribution in [3.63, 3.8) is 0 Å². The summed E-state index contributed by atoms with van der Waals surface area (Å²) in [6.45, 7) is 2.66. The lowest BCUT2D eigenvalue weighted by Crippen LogP contribution is -2.39. The van der Waals surface area contributed by atoms with E-state index in [1.165, 1.54) is 6.20 Å². The molecule has 5 heteroatoms. The molecule has 2 unspecified atom stereocenters. The SMILES string of the molecule is CC1OCCC1NC(=O)c1ccnc(N)c1. The average Bonchev–Trinajstić information content (AvgIpc) is 2.64. The van der Waals surface area contributed by atoms with Crippen LogP contribution in [0.25, 0.3) is 0 Å². The monoisotopic (exact) mass is 221 g/mol. The van der Waals surface area contributed by atoms with Gasteiger partial charge in [-0.15, -0.1) is 0 Å². The zero-order valence-electron chi connectivity index (χ0n) is 9.14. The van der Waals surface area contributed by atoms with E-state index in [2.05, 4.69) is 10.3 Å². The van der Waals surface area contributed by atoms with E-state index in [0.29, 0.717) is 18.0 Å². The van der Waals surface area contributed by atoms with Gasteiger partial charge >= 0.3 is 0 Å². The minimum atomic E-state index is -0.128. The number of nitrogens with one attached hydrogen (secondary N) is 1.